The summed E-state index contributed by atoms with van der Waals surface area (Å²) in [5, 5.41) is 21.1. The number of aliphatic hydroxyl groups excluding tert-OH is 1. The molecule has 0 unspecified atom stereocenters. The van der Waals surface area contributed by atoms with Gasteiger partial charge in [0.05, 0.1) is 11.6 Å². The van der Waals surface area contributed by atoms with Crippen molar-refractivity contribution in [3.05, 3.63) is 40.5 Å². The summed E-state index contributed by atoms with van der Waals surface area (Å²) in [6.07, 6.45) is 0.607. The van der Waals surface area contributed by atoms with Crippen molar-refractivity contribution < 1.29 is 15.0 Å². The first kappa shape index (κ1) is 15.2. The highest BCUT2D eigenvalue weighted by Gasteiger charge is 2.33. The molecule has 0 saturated carbocycles. The SMILES string of the molecule is O=C(O)N1CCCC[C@@H]1[C@H](O)c1cc(Br)nc2ccccc12. The molecule has 0 spiro atoms. The first-order valence-electron chi connectivity index (χ1n) is 7.31. The van der Waals surface area contributed by atoms with Crippen LogP contribution in [0.1, 0.15) is 30.9 Å². The summed E-state index contributed by atoms with van der Waals surface area (Å²) < 4.78 is 0.637. The number of para-hydroxylation sites is 1. The molecule has 2 heterocycles. The Morgan fingerprint density at radius 1 is 1.36 bits per heavy atom. The van der Waals surface area contributed by atoms with E-state index in [1.807, 2.05) is 24.3 Å². The number of fused-ring (bicyclic) bond motifs is 1. The number of benzene rings is 1. The zero-order valence-electron chi connectivity index (χ0n) is 11.9. The number of aromatic nitrogens is 1. The Morgan fingerprint density at radius 3 is 2.91 bits per heavy atom. The van der Waals surface area contributed by atoms with Crippen LogP contribution in [-0.4, -0.2) is 38.8 Å². The van der Waals surface area contributed by atoms with Gasteiger partial charge in [0.2, 0.25) is 0 Å². The lowest BCUT2D eigenvalue weighted by Crippen LogP contribution is -2.46. The summed E-state index contributed by atoms with van der Waals surface area (Å²) in [5.41, 5.74) is 1.50. The van der Waals surface area contributed by atoms with E-state index in [-0.39, 0.29) is 0 Å². The van der Waals surface area contributed by atoms with Crippen LogP contribution in [0.15, 0.2) is 34.9 Å². The van der Waals surface area contributed by atoms with Gasteiger partial charge in [0.25, 0.3) is 0 Å². The molecule has 6 heteroatoms. The number of hydrogen-bond acceptors (Lipinski definition) is 3. The molecule has 2 atom stereocenters. The molecule has 22 heavy (non-hydrogen) atoms. The maximum atomic E-state index is 11.4. The van der Waals surface area contributed by atoms with Crippen LogP contribution in [0.3, 0.4) is 0 Å². The summed E-state index contributed by atoms with van der Waals surface area (Å²) in [6, 6.07) is 8.94. The molecular formula is C16H17BrN2O3. The minimum Gasteiger partial charge on any atom is -0.465 e. The van der Waals surface area contributed by atoms with Gasteiger partial charge in [-0.25, -0.2) is 9.78 Å². The zero-order valence-corrected chi connectivity index (χ0v) is 13.5. The van der Waals surface area contributed by atoms with Gasteiger partial charge >= 0.3 is 6.09 Å². The molecule has 0 radical (unpaired) electrons. The molecule has 3 rings (SSSR count). The molecule has 1 aromatic carbocycles. The van der Waals surface area contributed by atoms with Gasteiger partial charge in [-0.05, 0) is 52.9 Å². The smallest absolute Gasteiger partial charge is 0.407 e. The Balaban J connectivity index is 2.04. The van der Waals surface area contributed by atoms with Crippen LogP contribution < -0.4 is 0 Å². The number of amides is 1. The largest absolute Gasteiger partial charge is 0.465 e. The van der Waals surface area contributed by atoms with Gasteiger partial charge in [0, 0.05) is 11.9 Å². The van der Waals surface area contributed by atoms with E-state index in [9.17, 15) is 15.0 Å². The van der Waals surface area contributed by atoms with Crippen molar-refractivity contribution in [2.24, 2.45) is 0 Å². The lowest BCUT2D eigenvalue weighted by atomic mass is 9.91. The van der Waals surface area contributed by atoms with Gasteiger partial charge in [-0.15, -0.1) is 0 Å². The molecular weight excluding hydrogens is 348 g/mol. The monoisotopic (exact) mass is 364 g/mol. The number of pyridine rings is 1. The standard InChI is InChI=1S/C16H17BrN2O3/c17-14-9-11(10-5-1-2-6-12(10)18-14)15(20)13-7-3-4-8-19(13)16(21)22/h1-2,5-6,9,13,15,20H,3-4,7-8H2,(H,21,22)/t13-,15-/m1/s1. The van der Waals surface area contributed by atoms with Crippen LogP contribution in [0, 0.1) is 0 Å². The number of nitrogens with zero attached hydrogens (tertiary/aromatic N) is 2. The van der Waals surface area contributed by atoms with Crippen molar-refractivity contribution in [1.82, 2.24) is 9.88 Å². The molecule has 1 aliphatic rings. The van der Waals surface area contributed by atoms with Gasteiger partial charge < -0.3 is 15.1 Å². The summed E-state index contributed by atoms with van der Waals surface area (Å²) in [5.74, 6) is 0. The molecule has 1 aliphatic heterocycles. The lowest BCUT2D eigenvalue weighted by Gasteiger charge is -2.36. The maximum Gasteiger partial charge on any atom is 0.407 e. The van der Waals surface area contributed by atoms with E-state index >= 15 is 0 Å². The van der Waals surface area contributed by atoms with Crippen molar-refractivity contribution in [2.75, 3.05) is 6.54 Å². The van der Waals surface area contributed by atoms with Crippen LogP contribution in [0.2, 0.25) is 0 Å². The van der Waals surface area contributed by atoms with Crippen LogP contribution in [0.25, 0.3) is 10.9 Å². The van der Waals surface area contributed by atoms with Crippen molar-refractivity contribution in [1.29, 1.82) is 0 Å². The van der Waals surface area contributed by atoms with E-state index in [0.717, 1.165) is 29.3 Å². The van der Waals surface area contributed by atoms with E-state index in [4.69, 9.17) is 0 Å². The molecule has 2 aromatic rings. The van der Waals surface area contributed by atoms with E-state index in [1.54, 1.807) is 6.07 Å². The quantitative estimate of drug-likeness (QED) is 0.798. The second kappa shape index (κ2) is 6.22. The highest BCUT2D eigenvalue weighted by molar-refractivity contribution is 9.10. The van der Waals surface area contributed by atoms with Gasteiger partial charge in [0.15, 0.2) is 0 Å². The number of carboxylic acid groups (broad SMARTS) is 1. The van der Waals surface area contributed by atoms with Crippen molar-refractivity contribution in [3.8, 4) is 0 Å². The van der Waals surface area contributed by atoms with Crippen molar-refractivity contribution in [2.45, 2.75) is 31.4 Å². The van der Waals surface area contributed by atoms with Gasteiger partial charge in [0.1, 0.15) is 10.7 Å². The predicted molar refractivity (Wildman–Crippen MR) is 86.8 cm³/mol. The number of halogens is 1. The molecule has 2 N–H and O–H groups in total. The topological polar surface area (TPSA) is 73.7 Å². The molecule has 5 nitrogen and oxygen atoms in total. The van der Waals surface area contributed by atoms with Gasteiger partial charge in [-0.1, -0.05) is 18.2 Å². The number of likely N-dealkylation sites (tertiary alicyclic amines) is 1. The number of piperidine rings is 1. The average molecular weight is 365 g/mol. The summed E-state index contributed by atoms with van der Waals surface area (Å²) in [4.78, 5) is 17.2. The fourth-order valence-corrected chi connectivity index (χ4v) is 3.58. The van der Waals surface area contributed by atoms with E-state index in [2.05, 4.69) is 20.9 Å². The Kier molecular flexibility index (Phi) is 4.31. The predicted octanol–water partition coefficient (Wildman–Crippen LogP) is 3.56. The lowest BCUT2D eigenvalue weighted by molar-refractivity contribution is 0.0292. The molecule has 1 saturated heterocycles. The second-order valence-corrected chi connectivity index (χ2v) is 6.35. The Hall–Kier alpha value is -1.66. The molecule has 0 aliphatic carbocycles. The van der Waals surface area contributed by atoms with Crippen molar-refractivity contribution >= 4 is 32.9 Å². The highest BCUT2D eigenvalue weighted by Crippen LogP contribution is 2.33. The van der Waals surface area contributed by atoms with Crippen LogP contribution in [0.4, 0.5) is 4.79 Å². The molecule has 116 valence electrons. The number of hydrogen-bond donors (Lipinski definition) is 2. The minimum absolute atomic E-state index is 0.413. The first-order valence-corrected chi connectivity index (χ1v) is 8.10. The number of carbonyl (C=O) groups is 1. The number of rotatable bonds is 2. The fourth-order valence-electron chi connectivity index (χ4n) is 3.14. The van der Waals surface area contributed by atoms with E-state index < -0.39 is 18.2 Å². The van der Waals surface area contributed by atoms with Crippen LogP contribution >= 0.6 is 15.9 Å². The maximum absolute atomic E-state index is 11.4. The normalized spacial score (nSPS) is 20.1. The first-order chi connectivity index (χ1) is 10.6. The average Bonchev–Trinajstić information content (AvgIpc) is 2.53. The number of aliphatic hydroxyl groups is 1. The summed E-state index contributed by atoms with van der Waals surface area (Å²) >= 11 is 3.37. The minimum atomic E-state index is -0.971. The van der Waals surface area contributed by atoms with Gasteiger partial charge in [-0.3, -0.25) is 0 Å². The van der Waals surface area contributed by atoms with Crippen molar-refractivity contribution in [3.63, 3.8) is 0 Å². The molecule has 1 fully saturated rings. The van der Waals surface area contributed by atoms with E-state index in [1.165, 1.54) is 4.90 Å². The van der Waals surface area contributed by atoms with Crippen LogP contribution in [0.5, 0.6) is 0 Å². The summed E-state index contributed by atoms with van der Waals surface area (Å²) in [6.45, 7) is 0.473. The molecule has 0 bridgehead atoms. The summed E-state index contributed by atoms with van der Waals surface area (Å²) in [7, 11) is 0. The van der Waals surface area contributed by atoms with E-state index in [0.29, 0.717) is 17.6 Å². The van der Waals surface area contributed by atoms with Crippen LogP contribution in [-0.2, 0) is 0 Å². The third kappa shape index (κ3) is 2.80. The Labute approximate surface area is 136 Å². The second-order valence-electron chi connectivity index (χ2n) is 5.54. The Morgan fingerprint density at radius 2 is 2.14 bits per heavy atom. The third-order valence-corrected chi connectivity index (χ3v) is 4.60. The zero-order chi connectivity index (χ0) is 15.7. The molecule has 1 amide bonds. The molecule has 1 aromatic heterocycles. The highest BCUT2D eigenvalue weighted by atomic mass is 79.9. The third-order valence-electron chi connectivity index (χ3n) is 4.19. The Bertz CT molecular complexity index is 707. The fraction of sp³-hybridized carbons (Fsp3) is 0.375. The van der Waals surface area contributed by atoms with Gasteiger partial charge in [-0.2, -0.15) is 0 Å².